The Balaban J connectivity index is 1.76. The molecule has 0 amide bonds. The molecule has 8 atom stereocenters. The van der Waals surface area contributed by atoms with Crippen molar-refractivity contribution in [2.75, 3.05) is 0 Å². The summed E-state index contributed by atoms with van der Waals surface area (Å²) < 4.78 is 15.2. The molecule has 4 aliphatic rings. The van der Waals surface area contributed by atoms with E-state index >= 15 is 4.39 Å². The van der Waals surface area contributed by atoms with Crippen LogP contribution < -0.4 is 0 Å². The number of fused-ring (bicyclic) bond motifs is 5. The maximum absolute atomic E-state index is 15.2. The highest BCUT2D eigenvalue weighted by molar-refractivity contribution is 6.01. The number of halogens is 1. The molecule has 142 valence electrons. The Morgan fingerprint density at radius 2 is 2.04 bits per heavy atom. The minimum atomic E-state index is -1.03. The topological polar surface area (TPSA) is 34.1 Å². The van der Waals surface area contributed by atoms with Gasteiger partial charge in [0, 0.05) is 11.3 Å². The number of Topliss-reactive ketones (excluding diaryl/α,β-unsaturated/α-hetero) is 1. The van der Waals surface area contributed by atoms with Gasteiger partial charge in [0.1, 0.15) is 12.0 Å². The van der Waals surface area contributed by atoms with E-state index in [1.54, 1.807) is 19.1 Å². The van der Waals surface area contributed by atoms with Gasteiger partial charge in [0.25, 0.3) is 0 Å². The number of allylic oxidation sites excluding steroid dienone is 4. The van der Waals surface area contributed by atoms with E-state index in [0.717, 1.165) is 25.7 Å². The lowest BCUT2D eigenvalue weighted by molar-refractivity contribution is -0.130. The van der Waals surface area contributed by atoms with Crippen LogP contribution in [0.3, 0.4) is 0 Å². The second-order valence-corrected chi connectivity index (χ2v) is 9.62. The molecule has 0 bridgehead atoms. The second-order valence-electron chi connectivity index (χ2n) is 9.62. The SMILES string of the molecule is CC[C@]12CC[C@H]3[C@@H](C[C@H](F)C4=CC(=O)C=C[C@@]43C)[C@@H]1C[C@@H](C)[C@@H]2C(C)=O. The minimum absolute atomic E-state index is 0.0535. The second kappa shape index (κ2) is 5.87. The van der Waals surface area contributed by atoms with Gasteiger partial charge in [0.05, 0.1) is 0 Å². The molecule has 2 nitrogen and oxygen atoms in total. The lowest BCUT2D eigenvalue weighted by Crippen LogP contribution is -2.53. The van der Waals surface area contributed by atoms with E-state index in [0.29, 0.717) is 41.4 Å². The van der Waals surface area contributed by atoms with E-state index in [2.05, 4.69) is 20.8 Å². The summed E-state index contributed by atoms with van der Waals surface area (Å²) in [5, 5.41) is 0. The normalized spacial score (nSPS) is 49.9. The van der Waals surface area contributed by atoms with E-state index in [-0.39, 0.29) is 22.5 Å². The van der Waals surface area contributed by atoms with Crippen LogP contribution in [0.2, 0.25) is 0 Å². The quantitative estimate of drug-likeness (QED) is 0.689. The fourth-order valence-corrected chi connectivity index (χ4v) is 7.81. The molecule has 0 aromatic rings. The van der Waals surface area contributed by atoms with Gasteiger partial charge in [-0.25, -0.2) is 4.39 Å². The summed E-state index contributed by atoms with van der Waals surface area (Å²) in [6, 6.07) is 0. The van der Waals surface area contributed by atoms with Crippen molar-refractivity contribution in [1.29, 1.82) is 0 Å². The maximum Gasteiger partial charge on any atom is 0.178 e. The Bertz CT molecular complexity index is 707. The zero-order valence-corrected chi connectivity index (χ0v) is 16.4. The molecular formula is C23H31FO2. The number of hydrogen-bond acceptors (Lipinski definition) is 2. The summed E-state index contributed by atoms with van der Waals surface area (Å²) in [6.07, 6.45) is 8.81. The first-order valence-electron chi connectivity index (χ1n) is 10.3. The average Bonchev–Trinajstić information content (AvgIpc) is 2.89. The summed E-state index contributed by atoms with van der Waals surface area (Å²) >= 11 is 0. The largest absolute Gasteiger partial charge is 0.300 e. The van der Waals surface area contributed by atoms with Crippen LogP contribution in [0.25, 0.3) is 0 Å². The van der Waals surface area contributed by atoms with Gasteiger partial charge >= 0.3 is 0 Å². The Kier molecular flexibility index (Phi) is 4.09. The average molecular weight is 358 g/mol. The van der Waals surface area contributed by atoms with Gasteiger partial charge in [-0.05, 0) is 85.8 Å². The lowest BCUT2D eigenvalue weighted by Gasteiger charge is -2.58. The third kappa shape index (κ3) is 2.21. The molecule has 4 aliphatic carbocycles. The number of hydrogen-bond donors (Lipinski definition) is 0. The van der Waals surface area contributed by atoms with Crippen LogP contribution in [0.1, 0.15) is 59.8 Å². The molecule has 0 aromatic heterocycles. The lowest BCUT2D eigenvalue weighted by atomic mass is 9.46. The highest BCUT2D eigenvalue weighted by Gasteiger charge is 2.63. The van der Waals surface area contributed by atoms with Crippen molar-refractivity contribution in [2.24, 2.45) is 40.4 Å². The van der Waals surface area contributed by atoms with Crippen molar-refractivity contribution in [3.63, 3.8) is 0 Å². The number of carbonyl (C=O) groups excluding carboxylic acids is 2. The Morgan fingerprint density at radius 3 is 2.69 bits per heavy atom. The Labute approximate surface area is 156 Å². The van der Waals surface area contributed by atoms with E-state index < -0.39 is 6.17 Å². The van der Waals surface area contributed by atoms with Gasteiger partial charge in [0.2, 0.25) is 0 Å². The number of rotatable bonds is 2. The number of carbonyl (C=O) groups is 2. The molecule has 0 radical (unpaired) electrons. The van der Waals surface area contributed by atoms with E-state index in [1.807, 2.05) is 6.08 Å². The van der Waals surface area contributed by atoms with Crippen LogP contribution >= 0.6 is 0 Å². The van der Waals surface area contributed by atoms with E-state index in [9.17, 15) is 9.59 Å². The summed E-state index contributed by atoms with van der Waals surface area (Å²) in [6.45, 7) is 8.33. The molecule has 3 heteroatoms. The zero-order chi connectivity index (χ0) is 18.9. The van der Waals surface area contributed by atoms with E-state index in [1.165, 1.54) is 0 Å². The molecule has 0 N–H and O–H groups in total. The molecule has 0 aromatic carbocycles. The van der Waals surface area contributed by atoms with Gasteiger partial charge < -0.3 is 0 Å². The van der Waals surface area contributed by atoms with Crippen molar-refractivity contribution in [1.82, 2.24) is 0 Å². The van der Waals surface area contributed by atoms with Crippen LogP contribution in [-0.2, 0) is 9.59 Å². The first-order valence-corrected chi connectivity index (χ1v) is 10.3. The first kappa shape index (κ1) is 18.1. The van der Waals surface area contributed by atoms with Gasteiger partial charge in [-0.3, -0.25) is 9.59 Å². The molecule has 0 aliphatic heterocycles. The van der Waals surface area contributed by atoms with Gasteiger partial charge in [0.15, 0.2) is 5.78 Å². The standard InChI is InChI=1S/C23H31FO2/c1-5-23-9-7-17-16(18(23)10-13(2)21(23)14(3)25)12-20(24)19-11-15(26)6-8-22(17,19)4/h6,8,11,13,16-18,20-21H,5,7,9-10,12H2,1-4H3/t13-,16-,17+,18+,20+,21-,22-,23+/m1/s1. The molecule has 0 heterocycles. The fourth-order valence-electron chi connectivity index (χ4n) is 7.81. The molecule has 0 spiro atoms. The molecule has 0 saturated heterocycles. The summed E-state index contributed by atoms with van der Waals surface area (Å²) in [5.74, 6) is 1.88. The predicted octanol–water partition coefficient (Wildman–Crippen LogP) is 5.08. The third-order valence-corrected chi connectivity index (χ3v) is 8.70. The third-order valence-electron chi connectivity index (χ3n) is 8.70. The Morgan fingerprint density at radius 1 is 1.31 bits per heavy atom. The maximum atomic E-state index is 15.2. The monoisotopic (exact) mass is 358 g/mol. The molecule has 3 saturated carbocycles. The van der Waals surface area contributed by atoms with Crippen molar-refractivity contribution in [3.8, 4) is 0 Å². The molecular weight excluding hydrogens is 327 g/mol. The molecule has 0 unspecified atom stereocenters. The van der Waals surface area contributed by atoms with Crippen LogP contribution in [0.5, 0.6) is 0 Å². The van der Waals surface area contributed by atoms with Crippen molar-refractivity contribution in [3.05, 3.63) is 23.8 Å². The van der Waals surface area contributed by atoms with Gasteiger partial charge in [-0.1, -0.05) is 26.8 Å². The molecule has 4 rings (SSSR count). The minimum Gasteiger partial charge on any atom is -0.300 e. The smallest absolute Gasteiger partial charge is 0.178 e. The fraction of sp³-hybridized carbons (Fsp3) is 0.739. The highest BCUT2D eigenvalue weighted by Crippen LogP contribution is 2.68. The number of alkyl halides is 1. The molecule has 3 fully saturated rings. The van der Waals surface area contributed by atoms with Crippen LogP contribution in [0.15, 0.2) is 23.8 Å². The zero-order valence-electron chi connectivity index (χ0n) is 16.4. The van der Waals surface area contributed by atoms with Crippen molar-refractivity contribution in [2.45, 2.75) is 66.0 Å². The number of ketones is 2. The first-order chi connectivity index (χ1) is 12.2. The van der Waals surface area contributed by atoms with Gasteiger partial charge in [-0.2, -0.15) is 0 Å². The predicted molar refractivity (Wildman–Crippen MR) is 100 cm³/mol. The van der Waals surface area contributed by atoms with Crippen LogP contribution in [-0.4, -0.2) is 17.7 Å². The highest BCUT2D eigenvalue weighted by atomic mass is 19.1. The van der Waals surface area contributed by atoms with Gasteiger partial charge in [-0.15, -0.1) is 0 Å². The summed E-state index contributed by atoms with van der Waals surface area (Å²) in [5.41, 5.74) is 0.412. The van der Waals surface area contributed by atoms with Crippen molar-refractivity contribution < 1.29 is 14.0 Å². The van der Waals surface area contributed by atoms with Crippen molar-refractivity contribution >= 4 is 11.6 Å². The summed E-state index contributed by atoms with van der Waals surface area (Å²) in [4.78, 5) is 24.3. The van der Waals surface area contributed by atoms with Crippen LogP contribution in [0, 0.1) is 40.4 Å². The van der Waals surface area contributed by atoms with E-state index in [4.69, 9.17) is 0 Å². The Hall–Kier alpha value is -1.25. The molecule has 26 heavy (non-hydrogen) atoms. The van der Waals surface area contributed by atoms with Crippen LogP contribution in [0.4, 0.5) is 4.39 Å². The summed E-state index contributed by atoms with van der Waals surface area (Å²) in [7, 11) is 0.